The molecular formula is C14H13N5O4. The molecule has 0 radical (unpaired) electrons. The van der Waals surface area contributed by atoms with Crippen LogP contribution in [0.25, 0.3) is 5.69 Å². The minimum Gasteiger partial charge on any atom is -0.300 e. The van der Waals surface area contributed by atoms with Gasteiger partial charge < -0.3 is 4.57 Å². The molecule has 1 fully saturated rings. The van der Waals surface area contributed by atoms with E-state index in [4.69, 9.17) is 0 Å². The fourth-order valence-corrected chi connectivity index (χ4v) is 2.07. The minimum absolute atomic E-state index is 0.0479. The third kappa shape index (κ3) is 3.18. The Labute approximate surface area is 130 Å². The van der Waals surface area contributed by atoms with E-state index in [1.165, 1.54) is 29.2 Å². The Morgan fingerprint density at radius 3 is 2.70 bits per heavy atom. The number of nitrogens with zero attached hydrogens (tertiary/aromatic N) is 3. The van der Waals surface area contributed by atoms with Crippen molar-refractivity contribution in [3.05, 3.63) is 52.6 Å². The molecule has 9 heteroatoms. The topological polar surface area (TPSA) is 119 Å². The number of nitrogens with one attached hydrogen (secondary N) is 2. The molecule has 0 aliphatic heterocycles. The summed E-state index contributed by atoms with van der Waals surface area (Å²) in [7, 11) is 0. The summed E-state index contributed by atoms with van der Waals surface area (Å²) in [5, 5.41) is 11.2. The first kappa shape index (κ1) is 14.7. The summed E-state index contributed by atoms with van der Waals surface area (Å²) in [6.45, 7) is 0. The fraction of sp³-hybridized carbons (Fsp3) is 0.214. The molecule has 118 valence electrons. The second-order valence-electron chi connectivity index (χ2n) is 5.15. The van der Waals surface area contributed by atoms with Crippen molar-refractivity contribution in [3.63, 3.8) is 0 Å². The number of carbonyl (C=O) groups excluding carboxylic acids is 2. The maximum Gasteiger partial charge on any atom is 0.294 e. The summed E-state index contributed by atoms with van der Waals surface area (Å²) in [5.74, 6) is -0.907. The van der Waals surface area contributed by atoms with E-state index < -0.39 is 10.8 Å². The van der Waals surface area contributed by atoms with Crippen LogP contribution in [0.4, 0.5) is 5.69 Å². The molecule has 0 atom stereocenters. The minimum atomic E-state index is -0.612. The zero-order valence-corrected chi connectivity index (χ0v) is 11.9. The number of benzene rings is 1. The third-order valence-corrected chi connectivity index (χ3v) is 3.46. The second-order valence-corrected chi connectivity index (χ2v) is 5.15. The molecule has 2 amide bonds. The average molecular weight is 315 g/mol. The number of hydrogen-bond donors (Lipinski definition) is 2. The quantitative estimate of drug-likeness (QED) is 0.643. The highest BCUT2D eigenvalue weighted by Gasteiger charge is 2.30. The number of hydrazine groups is 1. The van der Waals surface area contributed by atoms with Gasteiger partial charge in [0.25, 0.3) is 11.6 Å². The van der Waals surface area contributed by atoms with Crippen molar-refractivity contribution < 1.29 is 14.5 Å². The highest BCUT2D eigenvalue weighted by atomic mass is 16.6. The Balaban J connectivity index is 1.80. The van der Waals surface area contributed by atoms with E-state index >= 15 is 0 Å². The Hall–Kier alpha value is -3.23. The molecule has 1 aliphatic rings. The highest BCUT2D eigenvalue weighted by Crippen LogP contribution is 2.28. The number of nitro benzene ring substituents is 1. The predicted octanol–water partition coefficient (Wildman–Crippen LogP) is 0.951. The van der Waals surface area contributed by atoms with Crippen molar-refractivity contribution in [2.75, 3.05) is 0 Å². The van der Waals surface area contributed by atoms with Crippen molar-refractivity contribution in [3.8, 4) is 5.69 Å². The van der Waals surface area contributed by atoms with Crippen LogP contribution < -0.4 is 10.9 Å². The van der Waals surface area contributed by atoms with E-state index in [0.29, 0.717) is 5.69 Å². The zero-order valence-electron chi connectivity index (χ0n) is 11.9. The van der Waals surface area contributed by atoms with E-state index in [1.807, 2.05) is 0 Å². The van der Waals surface area contributed by atoms with E-state index in [-0.39, 0.29) is 23.1 Å². The van der Waals surface area contributed by atoms with Gasteiger partial charge in [0.05, 0.1) is 11.3 Å². The molecule has 1 heterocycles. The highest BCUT2D eigenvalue weighted by molar-refractivity contribution is 5.96. The first-order valence-electron chi connectivity index (χ1n) is 6.93. The van der Waals surface area contributed by atoms with Crippen LogP contribution in [0.2, 0.25) is 0 Å². The van der Waals surface area contributed by atoms with Gasteiger partial charge in [-0.2, -0.15) is 0 Å². The molecule has 9 nitrogen and oxygen atoms in total. The van der Waals surface area contributed by atoms with Gasteiger partial charge in [0.1, 0.15) is 5.69 Å². The van der Waals surface area contributed by atoms with Gasteiger partial charge in [-0.05, 0) is 25.0 Å². The van der Waals surface area contributed by atoms with Gasteiger partial charge in [0.15, 0.2) is 0 Å². The molecule has 1 aliphatic carbocycles. The lowest BCUT2D eigenvalue weighted by molar-refractivity contribution is -0.384. The molecule has 2 N–H and O–H groups in total. The summed E-state index contributed by atoms with van der Waals surface area (Å²) in [4.78, 5) is 38.0. The van der Waals surface area contributed by atoms with Crippen molar-refractivity contribution in [1.82, 2.24) is 20.4 Å². The van der Waals surface area contributed by atoms with Gasteiger partial charge in [0.2, 0.25) is 5.91 Å². The first-order valence-corrected chi connectivity index (χ1v) is 6.93. The van der Waals surface area contributed by atoms with Crippen LogP contribution >= 0.6 is 0 Å². The fourth-order valence-electron chi connectivity index (χ4n) is 2.07. The summed E-state index contributed by atoms with van der Waals surface area (Å²) >= 11 is 0. The SMILES string of the molecule is O=C(NNC(=O)C1CC1)c1ccc(-n2ccnc2)c([N+](=O)[O-])c1. The largest absolute Gasteiger partial charge is 0.300 e. The third-order valence-electron chi connectivity index (χ3n) is 3.46. The number of imidazole rings is 1. The Morgan fingerprint density at radius 1 is 1.30 bits per heavy atom. The molecule has 1 saturated carbocycles. The lowest BCUT2D eigenvalue weighted by atomic mass is 10.1. The predicted molar refractivity (Wildman–Crippen MR) is 78.6 cm³/mol. The molecule has 1 aromatic carbocycles. The second kappa shape index (κ2) is 5.87. The van der Waals surface area contributed by atoms with Crippen LogP contribution in [0.15, 0.2) is 36.9 Å². The molecule has 0 spiro atoms. The van der Waals surface area contributed by atoms with E-state index in [1.54, 1.807) is 6.20 Å². The number of carbonyl (C=O) groups is 2. The lowest BCUT2D eigenvalue weighted by Crippen LogP contribution is -2.42. The maximum atomic E-state index is 12.0. The van der Waals surface area contributed by atoms with Gasteiger partial charge in [0, 0.05) is 29.9 Å². The molecule has 1 aromatic heterocycles. The van der Waals surface area contributed by atoms with E-state index in [2.05, 4.69) is 15.8 Å². The van der Waals surface area contributed by atoms with Gasteiger partial charge >= 0.3 is 0 Å². The normalized spacial score (nSPS) is 13.4. The van der Waals surface area contributed by atoms with Crippen molar-refractivity contribution in [2.45, 2.75) is 12.8 Å². The smallest absolute Gasteiger partial charge is 0.294 e. The molecular weight excluding hydrogens is 302 g/mol. The van der Waals surface area contributed by atoms with Crippen LogP contribution in [0.5, 0.6) is 0 Å². The van der Waals surface area contributed by atoms with Crippen molar-refractivity contribution in [2.24, 2.45) is 5.92 Å². The average Bonchev–Trinajstić information content (AvgIpc) is 3.26. The van der Waals surface area contributed by atoms with Crippen LogP contribution in [0.3, 0.4) is 0 Å². The van der Waals surface area contributed by atoms with Gasteiger partial charge in [-0.3, -0.25) is 30.6 Å². The van der Waals surface area contributed by atoms with Gasteiger partial charge in [-0.15, -0.1) is 0 Å². The van der Waals surface area contributed by atoms with Crippen LogP contribution in [0.1, 0.15) is 23.2 Å². The van der Waals surface area contributed by atoms with Crippen molar-refractivity contribution >= 4 is 17.5 Å². The standard InChI is InChI=1S/C14H13N5O4/c20-13(9-1-2-9)16-17-14(21)10-3-4-11(12(7-10)19(22)23)18-6-5-15-8-18/h3-9H,1-2H2,(H,16,20)(H,17,21). The van der Waals surface area contributed by atoms with E-state index in [9.17, 15) is 19.7 Å². The number of rotatable bonds is 4. The molecule has 0 saturated heterocycles. The molecule has 2 aromatic rings. The molecule has 0 unspecified atom stereocenters. The number of hydrogen-bond acceptors (Lipinski definition) is 5. The van der Waals surface area contributed by atoms with Gasteiger partial charge in [-0.25, -0.2) is 4.98 Å². The Bertz CT molecular complexity index is 767. The van der Waals surface area contributed by atoms with Crippen molar-refractivity contribution in [1.29, 1.82) is 0 Å². The monoisotopic (exact) mass is 315 g/mol. The molecule has 23 heavy (non-hydrogen) atoms. The summed E-state index contributed by atoms with van der Waals surface area (Å²) in [6.07, 6.45) is 6.12. The Morgan fingerprint density at radius 2 is 2.09 bits per heavy atom. The first-order chi connectivity index (χ1) is 11.1. The summed E-state index contributed by atoms with van der Waals surface area (Å²) in [6, 6.07) is 4.06. The Kier molecular flexibility index (Phi) is 3.75. The summed E-state index contributed by atoms with van der Waals surface area (Å²) in [5.41, 5.74) is 4.72. The van der Waals surface area contributed by atoms with E-state index in [0.717, 1.165) is 18.9 Å². The number of aromatic nitrogens is 2. The number of nitro groups is 1. The van der Waals surface area contributed by atoms with Crippen LogP contribution in [-0.2, 0) is 4.79 Å². The van der Waals surface area contributed by atoms with Crippen LogP contribution in [-0.4, -0.2) is 26.3 Å². The van der Waals surface area contributed by atoms with Gasteiger partial charge in [-0.1, -0.05) is 0 Å². The molecule has 3 rings (SSSR count). The molecule has 0 bridgehead atoms. The maximum absolute atomic E-state index is 12.0. The zero-order chi connectivity index (χ0) is 16.4. The van der Waals surface area contributed by atoms with Crippen LogP contribution in [0, 0.1) is 16.0 Å². The lowest BCUT2D eigenvalue weighted by Gasteiger charge is -2.08. The summed E-state index contributed by atoms with van der Waals surface area (Å²) < 4.78 is 1.48. The number of amides is 2.